The van der Waals surface area contributed by atoms with Crippen LogP contribution in [0.4, 0.5) is 0 Å². The second-order valence-corrected chi connectivity index (χ2v) is 8.45. The Morgan fingerprint density at radius 1 is 1.23 bits per heavy atom. The molecule has 3 rings (SSSR count). The highest BCUT2D eigenvalue weighted by molar-refractivity contribution is 7.20. The number of hydrogen-bond donors (Lipinski definition) is 0. The number of thiophene rings is 1. The predicted octanol–water partition coefficient (Wildman–Crippen LogP) is 3.42. The minimum atomic E-state index is -0.460. The normalized spacial score (nSPS) is 10.9. The van der Waals surface area contributed by atoms with Crippen molar-refractivity contribution in [2.45, 2.75) is 39.7 Å². The molecule has 0 saturated heterocycles. The number of esters is 1. The lowest BCUT2D eigenvalue weighted by molar-refractivity contribution is -0.130. The van der Waals surface area contributed by atoms with Gasteiger partial charge in [0.2, 0.25) is 5.91 Å². The van der Waals surface area contributed by atoms with Crippen LogP contribution in [-0.2, 0) is 22.5 Å². The first-order valence-corrected chi connectivity index (χ1v) is 11.2. The molecule has 0 aliphatic carbocycles. The van der Waals surface area contributed by atoms with Gasteiger partial charge in [-0.25, -0.2) is 9.78 Å². The third-order valence-electron chi connectivity index (χ3n) is 5.15. The van der Waals surface area contributed by atoms with Crippen molar-refractivity contribution in [1.29, 1.82) is 0 Å². The fourth-order valence-electron chi connectivity index (χ4n) is 3.22. The van der Waals surface area contributed by atoms with E-state index < -0.39 is 5.97 Å². The fraction of sp³-hybridized carbons (Fsp3) is 0.391. The average molecular weight is 442 g/mol. The molecule has 0 unspecified atom stereocenters. The van der Waals surface area contributed by atoms with Crippen LogP contribution in [-0.4, -0.2) is 46.5 Å². The van der Waals surface area contributed by atoms with Gasteiger partial charge >= 0.3 is 5.97 Å². The Morgan fingerprint density at radius 2 is 1.97 bits per heavy atom. The van der Waals surface area contributed by atoms with Gasteiger partial charge in [0, 0.05) is 20.0 Å². The summed E-state index contributed by atoms with van der Waals surface area (Å²) in [6.07, 6.45) is 3.89. The maximum Gasteiger partial charge on any atom is 0.348 e. The van der Waals surface area contributed by atoms with Crippen LogP contribution in [0.5, 0.6) is 0 Å². The molecular formula is C23H27N3O4S. The summed E-state index contributed by atoms with van der Waals surface area (Å²) < 4.78 is 6.72. The number of aryl methyl sites for hydroxylation is 1. The highest BCUT2D eigenvalue weighted by Gasteiger charge is 2.21. The molecule has 7 nitrogen and oxygen atoms in total. The Morgan fingerprint density at radius 3 is 2.68 bits per heavy atom. The van der Waals surface area contributed by atoms with Crippen molar-refractivity contribution in [1.82, 2.24) is 14.5 Å². The van der Waals surface area contributed by atoms with Crippen LogP contribution in [0.1, 0.15) is 40.6 Å². The summed E-state index contributed by atoms with van der Waals surface area (Å²) in [4.78, 5) is 44.7. The molecule has 8 heteroatoms. The number of aromatic nitrogens is 2. The standard InChI is InChI=1S/C23H27N3O4S/c1-4-5-12-25(3)18(27)14-26-15-24-21-19(22(26)28)16(2)20(31-21)23(29)30-13-11-17-9-7-6-8-10-17/h6-10,15H,4-5,11-14H2,1-3H3. The molecule has 0 N–H and O–H groups in total. The highest BCUT2D eigenvalue weighted by atomic mass is 32.1. The maximum absolute atomic E-state index is 13.0. The zero-order valence-electron chi connectivity index (χ0n) is 18.1. The number of likely N-dealkylation sites (N-methyl/N-ethyl adjacent to an activating group) is 1. The fourth-order valence-corrected chi connectivity index (χ4v) is 4.26. The third kappa shape index (κ3) is 5.38. The molecule has 2 aromatic heterocycles. The number of nitrogens with zero attached hydrogens (tertiary/aromatic N) is 3. The number of rotatable bonds is 9. The van der Waals surface area contributed by atoms with Gasteiger partial charge < -0.3 is 9.64 Å². The number of carbonyl (C=O) groups excluding carboxylic acids is 2. The van der Waals surface area contributed by atoms with Crippen molar-refractivity contribution in [3.8, 4) is 0 Å². The lowest BCUT2D eigenvalue weighted by Crippen LogP contribution is -2.34. The smallest absolute Gasteiger partial charge is 0.348 e. The van der Waals surface area contributed by atoms with Crippen LogP contribution in [0.2, 0.25) is 0 Å². The number of hydrogen-bond acceptors (Lipinski definition) is 6. The Labute approximate surface area is 185 Å². The second kappa shape index (κ2) is 10.3. The molecule has 0 spiro atoms. The quantitative estimate of drug-likeness (QED) is 0.475. The van der Waals surface area contributed by atoms with E-state index in [-0.39, 0.29) is 24.6 Å². The number of amides is 1. The van der Waals surface area contributed by atoms with Gasteiger partial charge in [-0.1, -0.05) is 43.7 Å². The zero-order chi connectivity index (χ0) is 22.4. The summed E-state index contributed by atoms with van der Waals surface area (Å²) in [5, 5.41) is 0.367. The van der Waals surface area contributed by atoms with Crippen LogP contribution in [0.15, 0.2) is 41.5 Å². The molecule has 3 aromatic rings. The number of unbranched alkanes of at least 4 members (excludes halogenated alkanes) is 1. The molecule has 0 fully saturated rings. The molecule has 0 aliphatic heterocycles. The van der Waals surface area contributed by atoms with Crippen molar-refractivity contribution in [3.05, 3.63) is 63.0 Å². The largest absolute Gasteiger partial charge is 0.461 e. The topological polar surface area (TPSA) is 81.5 Å². The molecule has 0 bridgehead atoms. The van der Waals surface area contributed by atoms with E-state index in [1.165, 1.54) is 10.9 Å². The van der Waals surface area contributed by atoms with Gasteiger partial charge in [0.05, 0.1) is 18.3 Å². The van der Waals surface area contributed by atoms with Gasteiger partial charge in [0.1, 0.15) is 16.3 Å². The van der Waals surface area contributed by atoms with Crippen molar-refractivity contribution in [2.24, 2.45) is 0 Å². The van der Waals surface area contributed by atoms with Gasteiger partial charge in [-0.2, -0.15) is 0 Å². The van der Waals surface area contributed by atoms with Crippen LogP contribution in [0, 0.1) is 6.92 Å². The first-order valence-electron chi connectivity index (χ1n) is 10.4. The van der Waals surface area contributed by atoms with E-state index >= 15 is 0 Å². The number of fused-ring (bicyclic) bond motifs is 1. The summed E-state index contributed by atoms with van der Waals surface area (Å²) in [5.74, 6) is -0.608. The van der Waals surface area contributed by atoms with Gasteiger partial charge in [-0.05, 0) is 24.5 Å². The Bertz CT molecular complexity index is 1120. The van der Waals surface area contributed by atoms with Crippen molar-refractivity contribution in [3.63, 3.8) is 0 Å². The first-order chi connectivity index (χ1) is 14.9. The van der Waals surface area contributed by atoms with Crippen LogP contribution < -0.4 is 5.56 Å². The van der Waals surface area contributed by atoms with Crippen molar-refractivity contribution in [2.75, 3.05) is 20.2 Å². The van der Waals surface area contributed by atoms with E-state index in [9.17, 15) is 14.4 Å². The summed E-state index contributed by atoms with van der Waals surface area (Å²) in [6.45, 7) is 4.61. The minimum Gasteiger partial charge on any atom is -0.461 e. The van der Waals surface area contributed by atoms with E-state index in [1.54, 1.807) is 18.9 Å². The molecule has 0 atom stereocenters. The Kier molecular flexibility index (Phi) is 7.57. The molecule has 0 saturated carbocycles. The van der Waals surface area contributed by atoms with E-state index in [2.05, 4.69) is 11.9 Å². The van der Waals surface area contributed by atoms with Crippen LogP contribution in [0.25, 0.3) is 10.2 Å². The lowest BCUT2D eigenvalue weighted by Gasteiger charge is -2.17. The van der Waals surface area contributed by atoms with E-state index in [0.29, 0.717) is 33.6 Å². The van der Waals surface area contributed by atoms with Gasteiger partial charge in [-0.3, -0.25) is 14.2 Å². The number of ether oxygens (including phenoxy) is 1. The lowest BCUT2D eigenvalue weighted by atomic mass is 10.2. The second-order valence-electron chi connectivity index (χ2n) is 7.45. The Balaban J connectivity index is 1.74. The average Bonchev–Trinajstić information content (AvgIpc) is 3.11. The SMILES string of the molecule is CCCCN(C)C(=O)Cn1cnc2sc(C(=O)OCCc3ccccc3)c(C)c2c1=O. The van der Waals surface area contributed by atoms with Crippen LogP contribution >= 0.6 is 11.3 Å². The zero-order valence-corrected chi connectivity index (χ0v) is 18.9. The van der Waals surface area contributed by atoms with Crippen molar-refractivity contribution >= 4 is 33.4 Å². The number of carbonyl (C=O) groups is 2. The molecule has 1 amide bonds. The first kappa shape index (κ1) is 22.7. The minimum absolute atomic E-state index is 0.0753. The van der Waals surface area contributed by atoms with Crippen LogP contribution in [0.3, 0.4) is 0 Å². The molecule has 2 heterocycles. The Hall–Kier alpha value is -3.00. The molecule has 0 radical (unpaired) electrons. The molecular weight excluding hydrogens is 414 g/mol. The monoisotopic (exact) mass is 441 g/mol. The third-order valence-corrected chi connectivity index (χ3v) is 6.33. The summed E-state index contributed by atoms with van der Waals surface area (Å²) >= 11 is 1.14. The number of benzene rings is 1. The van der Waals surface area contributed by atoms with E-state index in [4.69, 9.17) is 4.74 Å². The summed E-state index contributed by atoms with van der Waals surface area (Å²) in [5.41, 5.74) is 1.31. The molecule has 0 aliphatic rings. The molecule has 31 heavy (non-hydrogen) atoms. The van der Waals surface area contributed by atoms with Gasteiger partial charge in [0.25, 0.3) is 5.56 Å². The molecule has 1 aromatic carbocycles. The maximum atomic E-state index is 13.0. The predicted molar refractivity (Wildman–Crippen MR) is 122 cm³/mol. The van der Waals surface area contributed by atoms with Gasteiger partial charge in [0.15, 0.2) is 0 Å². The van der Waals surface area contributed by atoms with E-state index in [1.807, 2.05) is 30.3 Å². The van der Waals surface area contributed by atoms with Gasteiger partial charge in [-0.15, -0.1) is 11.3 Å². The highest BCUT2D eigenvalue weighted by Crippen LogP contribution is 2.27. The van der Waals surface area contributed by atoms with Crippen molar-refractivity contribution < 1.29 is 14.3 Å². The summed E-state index contributed by atoms with van der Waals surface area (Å²) in [7, 11) is 1.73. The summed E-state index contributed by atoms with van der Waals surface area (Å²) in [6, 6.07) is 9.77. The molecule has 164 valence electrons. The van der Waals surface area contributed by atoms with E-state index in [0.717, 1.165) is 29.7 Å².